The highest BCUT2D eigenvalue weighted by atomic mass is 35.5. The third kappa shape index (κ3) is 3.19. The molecule has 1 nitrogen and oxygen atoms in total. The Hall–Kier alpha value is -0.830. The zero-order valence-corrected chi connectivity index (χ0v) is 7.65. The first-order chi connectivity index (χ1) is 6.26. The first-order valence-corrected chi connectivity index (χ1v) is 4.34. The number of halogens is 3. The standard InChI is InChI=1S/C9H9ClF2O/c10-6-7-3-8(12)5-9(4-7)13-2-1-11/h3-5H,1-2,6H2. The Morgan fingerprint density at radius 2 is 2.08 bits per heavy atom. The van der Waals surface area contributed by atoms with E-state index >= 15 is 0 Å². The Kier molecular flexibility index (Phi) is 3.96. The second-order valence-electron chi connectivity index (χ2n) is 2.47. The van der Waals surface area contributed by atoms with E-state index in [0.717, 1.165) is 0 Å². The monoisotopic (exact) mass is 206 g/mol. The van der Waals surface area contributed by atoms with Crippen LogP contribution in [0.4, 0.5) is 8.78 Å². The zero-order chi connectivity index (χ0) is 9.68. The zero-order valence-electron chi connectivity index (χ0n) is 6.90. The minimum atomic E-state index is -0.591. The fourth-order valence-corrected chi connectivity index (χ4v) is 1.09. The quantitative estimate of drug-likeness (QED) is 0.689. The highest BCUT2D eigenvalue weighted by Gasteiger charge is 2.00. The number of benzene rings is 1. The lowest BCUT2D eigenvalue weighted by molar-refractivity contribution is 0.272. The normalized spacial score (nSPS) is 10.1. The van der Waals surface area contributed by atoms with Gasteiger partial charge in [-0.2, -0.15) is 0 Å². The first-order valence-electron chi connectivity index (χ1n) is 3.80. The number of ether oxygens (including phenoxy) is 1. The summed E-state index contributed by atoms with van der Waals surface area (Å²) in [4.78, 5) is 0. The summed E-state index contributed by atoms with van der Waals surface area (Å²) in [6.45, 7) is -0.655. The van der Waals surface area contributed by atoms with Gasteiger partial charge in [-0.05, 0) is 17.7 Å². The molecule has 0 heterocycles. The molecular weight excluding hydrogens is 198 g/mol. The van der Waals surface area contributed by atoms with E-state index in [2.05, 4.69) is 0 Å². The summed E-state index contributed by atoms with van der Waals surface area (Å²) >= 11 is 5.51. The van der Waals surface area contributed by atoms with Crippen molar-refractivity contribution in [2.75, 3.05) is 13.3 Å². The Balaban J connectivity index is 2.76. The van der Waals surface area contributed by atoms with Gasteiger partial charge in [0, 0.05) is 11.9 Å². The van der Waals surface area contributed by atoms with Gasteiger partial charge in [-0.1, -0.05) is 0 Å². The van der Waals surface area contributed by atoms with Crippen LogP contribution in [-0.2, 0) is 5.88 Å². The molecule has 0 fully saturated rings. The summed E-state index contributed by atoms with van der Waals surface area (Å²) in [5, 5.41) is 0. The lowest BCUT2D eigenvalue weighted by Crippen LogP contribution is -1.99. The second-order valence-corrected chi connectivity index (χ2v) is 2.73. The van der Waals surface area contributed by atoms with Gasteiger partial charge in [0.05, 0.1) is 0 Å². The molecule has 0 aliphatic heterocycles. The van der Waals surface area contributed by atoms with Gasteiger partial charge in [-0.25, -0.2) is 8.78 Å². The molecule has 72 valence electrons. The van der Waals surface area contributed by atoms with E-state index in [1.807, 2.05) is 0 Å². The van der Waals surface area contributed by atoms with Crippen molar-refractivity contribution in [1.82, 2.24) is 0 Å². The molecule has 4 heteroatoms. The topological polar surface area (TPSA) is 9.23 Å². The van der Waals surface area contributed by atoms with Crippen molar-refractivity contribution in [3.05, 3.63) is 29.6 Å². The highest BCUT2D eigenvalue weighted by Crippen LogP contribution is 2.17. The molecule has 0 aliphatic carbocycles. The molecule has 0 radical (unpaired) electrons. The molecule has 0 aromatic heterocycles. The van der Waals surface area contributed by atoms with Crippen molar-refractivity contribution in [1.29, 1.82) is 0 Å². The van der Waals surface area contributed by atoms with E-state index in [4.69, 9.17) is 16.3 Å². The highest BCUT2D eigenvalue weighted by molar-refractivity contribution is 6.17. The van der Waals surface area contributed by atoms with Crippen LogP contribution in [-0.4, -0.2) is 13.3 Å². The molecule has 0 bridgehead atoms. The van der Waals surface area contributed by atoms with Crippen LogP contribution in [0.2, 0.25) is 0 Å². The van der Waals surface area contributed by atoms with Gasteiger partial charge in [0.1, 0.15) is 24.8 Å². The van der Waals surface area contributed by atoms with Gasteiger partial charge < -0.3 is 4.74 Å². The Labute approximate surface area is 80.3 Å². The van der Waals surface area contributed by atoms with Gasteiger partial charge in [0.15, 0.2) is 0 Å². The van der Waals surface area contributed by atoms with Crippen LogP contribution in [0.5, 0.6) is 5.75 Å². The van der Waals surface area contributed by atoms with E-state index in [1.54, 1.807) is 6.07 Å². The second kappa shape index (κ2) is 5.02. The number of hydrogen-bond donors (Lipinski definition) is 0. The molecule has 13 heavy (non-hydrogen) atoms. The van der Waals surface area contributed by atoms with Crippen molar-refractivity contribution in [3.8, 4) is 5.75 Å². The maximum Gasteiger partial charge on any atom is 0.127 e. The van der Waals surface area contributed by atoms with Crippen LogP contribution in [0.15, 0.2) is 18.2 Å². The third-order valence-corrected chi connectivity index (χ3v) is 1.74. The molecule has 0 saturated carbocycles. The van der Waals surface area contributed by atoms with E-state index in [1.165, 1.54) is 12.1 Å². The Morgan fingerprint density at radius 1 is 1.31 bits per heavy atom. The molecule has 1 rings (SSSR count). The van der Waals surface area contributed by atoms with E-state index in [9.17, 15) is 8.78 Å². The summed E-state index contributed by atoms with van der Waals surface area (Å²) in [6.07, 6.45) is 0. The van der Waals surface area contributed by atoms with Crippen molar-refractivity contribution in [2.45, 2.75) is 5.88 Å². The van der Waals surface area contributed by atoms with Gasteiger partial charge in [0.25, 0.3) is 0 Å². The number of hydrogen-bond acceptors (Lipinski definition) is 1. The van der Waals surface area contributed by atoms with Gasteiger partial charge in [0.2, 0.25) is 0 Å². The van der Waals surface area contributed by atoms with Crippen molar-refractivity contribution in [2.24, 2.45) is 0 Å². The molecular formula is C9H9ClF2O. The smallest absolute Gasteiger partial charge is 0.127 e. The van der Waals surface area contributed by atoms with Crippen LogP contribution >= 0.6 is 11.6 Å². The van der Waals surface area contributed by atoms with Crippen molar-refractivity contribution in [3.63, 3.8) is 0 Å². The maximum absolute atomic E-state index is 12.8. The SMILES string of the molecule is FCCOc1cc(F)cc(CCl)c1. The summed E-state index contributed by atoms with van der Waals surface area (Å²) in [5.74, 6) is 0.101. The van der Waals surface area contributed by atoms with Crippen molar-refractivity contribution >= 4 is 11.6 Å². The average molecular weight is 207 g/mol. The van der Waals surface area contributed by atoms with E-state index in [0.29, 0.717) is 11.3 Å². The summed E-state index contributed by atoms with van der Waals surface area (Å²) < 4.78 is 29.4. The van der Waals surface area contributed by atoms with Gasteiger partial charge >= 0.3 is 0 Å². The van der Waals surface area contributed by atoms with Crippen LogP contribution < -0.4 is 4.74 Å². The molecule has 1 aromatic rings. The minimum absolute atomic E-state index is 0.0643. The largest absolute Gasteiger partial charge is 0.491 e. The fourth-order valence-electron chi connectivity index (χ4n) is 0.938. The lowest BCUT2D eigenvalue weighted by Gasteiger charge is -2.05. The minimum Gasteiger partial charge on any atom is -0.491 e. The molecule has 0 aliphatic rings. The van der Waals surface area contributed by atoms with Crippen LogP contribution in [0.1, 0.15) is 5.56 Å². The molecule has 0 saturated heterocycles. The van der Waals surface area contributed by atoms with E-state index in [-0.39, 0.29) is 12.5 Å². The van der Waals surface area contributed by atoms with Crippen molar-refractivity contribution < 1.29 is 13.5 Å². The van der Waals surface area contributed by atoms with Gasteiger partial charge in [-0.3, -0.25) is 0 Å². The number of alkyl halides is 2. The average Bonchev–Trinajstić information content (AvgIpc) is 2.14. The maximum atomic E-state index is 12.8. The third-order valence-electron chi connectivity index (χ3n) is 1.43. The summed E-state index contributed by atoms with van der Waals surface area (Å²) in [6, 6.07) is 4.10. The Morgan fingerprint density at radius 3 is 2.69 bits per heavy atom. The predicted octanol–water partition coefficient (Wildman–Crippen LogP) is 2.91. The lowest BCUT2D eigenvalue weighted by atomic mass is 10.2. The Bertz CT molecular complexity index is 278. The first kappa shape index (κ1) is 10.3. The molecule has 0 amide bonds. The molecule has 0 unspecified atom stereocenters. The fraction of sp³-hybridized carbons (Fsp3) is 0.333. The van der Waals surface area contributed by atoms with Gasteiger partial charge in [-0.15, -0.1) is 11.6 Å². The number of rotatable bonds is 4. The molecule has 0 N–H and O–H groups in total. The van der Waals surface area contributed by atoms with Crippen LogP contribution in [0.25, 0.3) is 0 Å². The van der Waals surface area contributed by atoms with Crippen LogP contribution in [0, 0.1) is 5.82 Å². The summed E-state index contributed by atoms with van der Waals surface area (Å²) in [5.41, 5.74) is 0.621. The predicted molar refractivity (Wildman–Crippen MR) is 47.4 cm³/mol. The summed E-state index contributed by atoms with van der Waals surface area (Å²) in [7, 11) is 0. The van der Waals surface area contributed by atoms with Crippen LogP contribution in [0.3, 0.4) is 0 Å². The molecule has 0 spiro atoms. The molecule has 1 aromatic carbocycles. The van der Waals surface area contributed by atoms with E-state index < -0.39 is 12.5 Å². The molecule has 0 atom stereocenters.